The second-order valence-electron chi connectivity index (χ2n) is 5.19. The van der Waals surface area contributed by atoms with Crippen molar-refractivity contribution >= 4 is 34.2 Å². The van der Waals surface area contributed by atoms with Gasteiger partial charge in [-0.25, -0.2) is 4.98 Å². The second-order valence-corrected chi connectivity index (χ2v) is 6.00. The van der Waals surface area contributed by atoms with Gasteiger partial charge in [0.2, 0.25) is 0 Å². The molecule has 2 aromatic rings. The third-order valence-electron chi connectivity index (χ3n) is 4.26. The number of fused-ring (bicyclic) bond motifs is 2. The van der Waals surface area contributed by atoms with E-state index in [1.165, 1.54) is 19.3 Å². The van der Waals surface area contributed by atoms with Crippen molar-refractivity contribution in [3.63, 3.8) is 0 Å². The molecule has 0 aliphatic heterocycles. The molecule has 2 unspecified atom stereocenters. The SMILES string of the molecule is Clc1cc2nc(C3C4CCCC43)[nH]c2cc1Cl. The predicted molar refractivity (Wildman–Crippen MR) is 69.7 cm³/mol. The van der Waals surface area contributed by atoms with Crippen LogP contribution in [0.25, 0.3) is 11.0 Å². The molecule has 2 nitrogen and oxygen atoms in total. The van der Waals surface area contributed by atoms with Crippen LogP contribution in [0.1, 0.15) is 31.0 Å². The van der Waals surface area contributed by atoms with Gasteiger partial charge < -0.3 is 4.98 Å². The third-order valence-corrected chi connectivity index (χ3v) is 4.99. The van der Waals surface area contributed by atoms with Gasteiger partial charge in [0.1, 0.15) is 5.82 Å². The Kier molecular flexibility index (Phi) is 2.04. The first-order chi connectivity index (χ1) is 8.24. The molecule has 2 fully saturated rings. The number of nitrogens with one attached hydrogen (secondary N) is 1. The van der Waals surface area contributed by atoms with E-state index in [2.05, 4.69) is 9.97 Å². The molecule has 2 saturated carbocycles. The van der Waals surface area contributed by atoms with E-state index in [4.69, 9.17) is 23.2 Å². The summed E-state index contributed by atoms with van der Waals surface area (Å²) in [4.78, 5) is 8.06. The summed E-state index contributed by atoms with van der Waals surface area (Å²) in [6, 6.07) is 3.71. The number of halogens is 2. The fourth-order valence-electron chi connectivity index (χ4n) is 3.41. The summed E-state index contributed by atoms with van der Waals surface area (Å²) in [5, 5.41) is 1.17. The lowest BCUT2D eigenvalue weighted by Crippen LogP contribution is -1.89. The molecule has 2 atom stereocenters. The number of imidazole rings is 1. The molecule has 17 heavy (non-hydrogen) atoms. The number of aromatic nitrogens is 2. The normalized spacial score (nSPS) is 30.8. The van der Waals surface area contributed by atoms with Crippen molar-refractivity contribution in [2.75, 3.05) is 0 Å². The van der Waals surface area contributed by atoms with E-state index in [9.17, 15) is 0 Å². The van der Waals surface area contributed by atoms with Crippen LogP contribution in [-0.4, -0.2) is 9.97 Å². The number of hydrogen-bond acceptors (Lipinski definition) is 1. The van der Waals surface area contributed by atoms with Crippen LogP contribution < -0.4 is 0 Å². The molecule has 0 spiro atoms. The van der Waals surface area contributed by atoms with Gasteiger partial charge in [-0.1, -0.05) is 29.6 Å². The summed E-state index contributed by atoms with van der Waals surface area (Å²) in [6.07, 6.45) is 4.13. The average Bonchev–Trinajstić information content (AvgIpc) is 2.68. The maximum atomic E-state index is 6.01. The lowest BCUT2D eigenvalue weighted by Gasteiger charge is -1.97. The van der Waals surface area contributed by atoms with E-state index in [-0.39, 0.29) is 0 Å². The summed E-state index contributed by atoms with van der Waals surface area (Å²) in [5.74, 6) is 3.55. The Labute approximate surface area is 109 Å². The van der Waals surface area contributed by atoms with Crippen LogP contribution in [0.4, 0.5) is 0 Å². The molecule has 88 valence electrons. The van der Waals surface area contributed by atoms with Crippen molar-refractivity contribution in [1.29, 1.82) is 0 Å². The van der Waals surface area contributed by atoms with E-state index in [1.54, 1.807) is 0 Å². The zero-order chi connectivity index (χ0) is 11.6. The zero-order valence-electron chi connectivity index (χ0n) is 9.21. The molecule has 1 heterocycles. The highest BCUT2D eigenvalue weighted by atomic mass is 35.5. The van der Waals surface area contributed by atoms with Crippen molar-refractivity contribution in [2.45, 2.75) is 25.2 Å². The first kappa shape index (κ1) is 10.2. The van der Waals surface area contributed by atoms with Gasteiger partial charge in [0.15, 0.2) is 0 Å². The lowest BCUT2D eigenvalue weighted by atomic mass is 10.1. The van der Waals surface area contributed by atoms with E-state index in [0.717, 1.165) is 28.7 Å². The Bertz CT molecular complexity index is 556. The van der Waals surface area contributed by atoms with Crippen LogP contribution in [0.2, 0.25) is 10.0 Å². The monoisotopic (exact) mass is 266 g/mol. The van der Waals surface area contributed by atoms with Gasteiger partial charge in [0.25, 0.3) is 0 Å². The van der Waals surface area contributed by atoms with Gasteiger partial charge in [-0.2, -0.15) is 0 Å². The molecule has 0 bridgehead atoms. The zero-order valence-corrected chi connectivity index (χ0v) is 10.7. The van der Waals surface area contributed by atoms with E-state index < -0.39 is 0 Å². The minimum absolute atomic E-state index is 0.577. The second kappa shape index (κ2) is 3.39. The average molecular weight is 267 g/mol. The van der Waals surface area contributed by atoms with Crippen molar-refractivity contribution in [3.05, 3.63) is 28.0 Å². The number of H-pyrrole nitrogens is 1. The van der Waals surface area contributed by atoms with Crippen molar-refractivity contribution in [1.82, 2.24) is 9.97 Å². The van der Waals surface area contributed by atoms with Gasteiger partial charge in [-0.3, -0.25) is 0 Å². The van der Waals surface area contributed by atoms with Crippen molar-refractivity contribution < 1.29 is 0 Å². The molecular weight excluding hydrogens is 255 g/mol. The minimum Gasteiger partial charge on any atom is -0.342 e. The van der Waals surface area contributed by atoms with Gasteiger partial charge >= 0.3 is 0 Å². The van der Waals surface area contributed by atoms with Crippen LogP contribution >= 0.6 is 23.2 Å². The largest absolute Gasteiger partial charge is 0.342 e. The first-order valence-corrected chi connectivity index (χ1v) is 6.84. The van der Waals surface area contributed by atoms with Crippen LogP contribution in [0.5, 0.6) is 0 Å². The lowest BCUT2D eigenvalue weighted by molar-refractivity contribution is 0.664. The summed E-state index contributed by atoms with van der Waals surface area (Å²) >= 11 is 12.0. The number of benzene rings is 1. The standard InChI is InChI=1S/C13H12Cl2N2/c14-8-4-10-11(5-9(8)15)17-13(16-10)12-6-2-1-3-7(6)12/h4-7,12H,1-3H2,(H,16,17). The number of aromatic amines is 1. The summed E-state index contributed by atoms with van der Waals surface area (Å²) in [7, 11) is 0. The Balaban J connectivity index is 1.78. The van der Waals surface area contributed by atoms with Gasteiger partial charge in [-0.05, 0) is 36.8 Å². The smallest absolute Gasteiger partial charge is 0.110 e. The molecule has 0 radical (unpaired) electrons. The highest BCUT2D eigenvalue weighted by Gasteiger charge is 2.54. The van der Waals surface area contributed by atoms with Gasteiger partial charge in [-0.15, -0.1) is 0 Å². The maximum absolute atomic E-state index is 6.01. The van der Waals surface area contributed by atoms with Crippen LogP contribution in [0.15, 0.2) is 12.1 Å². The van der Waals surface area contributed by atoms with E-state index in [1.807, 2.05) is 12.1 Å². The highest BCUT2D eigenvalue weighted by Crippen LogP contribution is 2.62. The Morgan fingerprint density at radius 3 is 2.59 bits per heavy atom. The van der Waals surface area contributed by atoms with Gasteiger partial charge in [0.05, 0.1) is 21.1 Å². The summed E-state index contributed by atoms with van der Waals surface area (Å²) < 4.78 is 0. The Morgan fingerprint density at radius 1 is 1.12 bits per heavy atom. The molecule has 1 aromatic heterocycles. The fourth-order valence-corrected chi connectivity index (χ4v) is 3.73. The molecule has 1 N–H and O–H groups in total. The first-order valence-electron chi connectivity index (χ1n) is 6.09. The molecule has 0 amide bonds. The fraction of sp³-hybridized carbons (Fsp3) is 0.462. The predicted octanol–water partition coefficient (Wildman–Crippen LogP) is 4.38. The van der Waals surface area contributed by atoms with Crippen molar-refractivity contribution in [2.24, 2.45) is 11.8 Å². The molecule has 0 saturated heterocycles. The number of rotatable bonds is 1. The number of nitrogens with zero attached hydrogens (tertiary/aromatic N) is 1. The van der Waals surface area contributed by atoms with E-state index >= 15 is 0 Å². The highest BCUT2D eigenvalue weighted by molar-refractivity contribution is 6.42. The Morgan fingerprint density at radius 2 is 1.82 bits per heavy atom. The summed E-state index contributed by atoms with van der Waals surface area (Å²) in [6.45, 7) is 0. The number of hydrogen-bond donors (Lipinski definition) is 1. The van der Waals surface area contributed by atoms with Crippen LogP contribution in [0, 0.1) is 11.8 Å². The van der Waals surface area contributed by atoms with Crippen LogP contribution in [0.3, 0.4) is 0 Å². The molecule has 4 heteroatoms. The molecule has 2 aliphatic carbocycles. The van der Waals surface area contributed by atoms with Crippen LogP contribution in [-0.2, 0) is 0 Å². The Hall–Kier alpha value is -0.730. The van der Waals surface area contributed by atoms with Crippen molar-refractivity contribution in [3.8, 4) is 0 Å². The molecule has 4 rings (SSSR count). The molecule has 1 aromatic carbocycles. The van der Waals surface area contributed by atoms with Gasteiger partial charge in [0, 0.05) is 5.92 Å². The summed E-state index contributed by atoms with van der Waals surface area (Å²) in [5.41, 5.74) is 1.93. The minimum atomic E-state index is 0.577. The molecule has 2 aliphatic rings. The third kappa shape index (κ3) is 1.44. The quantitative estimate of drug-likeness (QED) is 0.815. The maximum Gasteiger partial charge on any atom is 0.110 e. The molecular formula is C13H12Cl2N2. The van der Waals surface area contributed by atoms with E-state index in [0.29, 0.717) is 16.0 Å². The topological polar surface area (TPSA) is 28.7 Å².